The van der Waals surface area contributed by atoms with Gasteiger partial charge < -0.3 is 15.5 Å². The molecule has 5 rings (SSSR count). The number of hydrogen-bond acceptors (Lipinski definition) is 6. The molecule has 0 saturated carbocycles. The van der Waals surface area contributed by atoms with Crippen molar-refractivity contribution < 1.29 is 9.59 Å². The highest BCUT2D eigenvalue weighted by molar-refractivity contribution is 7.99. The van der Waals surface area contributed by atoms with Crippen molar-refractivity contribution in [1.82, 2.24) is 9.80 Å². The summed E-state index contributed by atoms with van der Waals surface area (Å²) in [5.74, 6) is -0.0454. The summed E-state index contributed by atoms with van der Waals surface area (Å²) in [6.45, 7) is 7.32. The minimum Gasteiger partial charge on any atom is -0.368 e. The summed E-state index contributed by atoms with van der Waals surface area (Å²) in [5.41, 5.74) is 8.60. The van der Waals surface area contributed by atoms with Gasteiger partial charge in [0.15, 0.2) is 5.78 Å². The number of ketones is 1. The molecular formula is C28H36N4O2S. The van der Waals surface area contributed by atoms with Crippen LogP contribution in [-0.4, -0.2) is 66.3 Å². The first kappa shape index (κ1) is 24.3. The molecule has 186 valence electrons. The smallest absolute Gasteiger partial charge is 0.238 e. The maximum Gasteiger partial charge on any atom is 0.238 e. The molecule has 2 aromatic rings. The number of amides is 1. The monoisotopic (exact) mass is 492 g/mol. The number of carbonyl (C=O) groups is 2. The van der Waals surface area contributed by atoms with E-state index in [0.717, 1.165) is 69.8 Å². The Labute approximate surface area is 212 Å². The molecule has 35 heavy (non-hydrogen) atoms. The van der Waals surface area contributed by atoms with Crippen LogP contribution in [0.25, 0.3) is 0 Å². The van der Waals surface area contributed by atoms with Crippen molar-refractivity contribution in [3.05, 3.63) is 48.0 Å². The Morgan fingerprint density at radius 3 is 2.34 bits per heavy atom. The lowest BCUT2D eigenvalue weighted by Gasteiger charge is -2.48. The van der Waals surface area contributed by atoms with Gasteiger partial charge in [-0.1, -0.05) is 36.4 Å². The lowest BCUT2D eigenvalue weighted by atomic mass is 9.83. The third-order valence-corrected chi connectivity index (χ3v) is 9.12. The molecule has 2 saturated heterocycles. The molecule has 6 nitrogen and oxygen atoms in total. The SMILES string of the molecule is CC(=O)c1ccc2c(c1)N(CCCN1CCC(C(N)=O)(N3CCCCC3)CC1)c1ccccc1S2. The molecule has 3 aliphatic rings. The third-order valence-electron chi connectivity index (χ3n) is 7.99. The Balaban J connectivity index is 1.25. The van der Waals surface area contributed by atoms with Gasteiger partial charge >= 0.3 is 0 Å². The molecule has 0 aromatic heterocycles. The number of Topliss-reactive ketones (excluding diaryl/α,β-unsaturated/α-hetero) is 1. The van der Waals surface area contributed by atoms with Crippen molar-refractivity contribution >= 4 is 34.8 Å². The van der Waals surface area contributed by atoms with Gasteiger partial charge in [0, 0.05) is 35.0 Å². The number of para-hydroxylation sites is 1. The van der Waals surface area contributed by atoms with Crippen molar-refractivity contribution in [2.24, 2.45) is 5.73 Å². The number of rotatable bonds is 7. The van der Waals surface area contributed by atoms with E-state index < -0.39 is 5.54 Å². The molecule has 0 spiro atoms. The zero-order valence-corrected chi connectivity index (χ0v) is 21.5. The van der Waals surface area contributed by atoms with E-state index in [1.165, 1.54) is 34.7 Å². The molecule has 3 heterocycles. The zero-order chi connectivity index (χ0) is 24.4. The highest BCUT2D eigenvalue weighted by atomic mass is 32.2. The Morgan fingerprint density at radius 1 is 0.914 bits per heavy atom. The zero-order valence-electron chi connectivity index (χ0n) is 20.7. The highest BCUT2D eigenvalue weighted by Crippen LogP contribution is 2.48. The van der Waals surface area contributed by atoms with E-state index in [4.69, 9.17) is 5.73 Å². The second kappa shape index (κ2) is 10.3. The number of hydrogen-bond donors (Lipinski definition) is 1. The van der Waals surface area contributed by atoms with Crippen LogP contribution in [0.3, 0.4) is 0 Å². The van der Waals surface area contributed by atoms with Crippen molar-refractivity contribution in [2.45, 2.75) is 60.8 Å². The summed E-state index contributed by atoms with van der Waals surface area (Å²) in [6, 6.07) is 14.6. The van der Waals surface area contributed by atoms with Crippen LogP contribution in [0.5, 0.6) is 0 Å². The summed E-state index contributed by atoms with van der Waals surface area (Å²) in [5, 5.41) is 0. The predicted octanol–water partition coefficient (Wildman–Crippen LogP) is 4.69. The number of likely N-dealkylation sites (tertiary alicyclic amines) is 2. The molecule has 0 radical (unpaired) electrons. The molecule has 2 aromatic carbocycles. The molecule has 0 atom stereocenters. The average Bonchev–Trinajstić information content (AvgIpc) is 2.88. The van der Waals surface area contributed by atoms with E-state index in [2.05, 4.69) is 45.0 Å². The lowest BCUT2D eigenvalue weighted by molar-refractivity contribution is -0.134. The largest absolute Gasteiger partial charge is 0.368 e. The summed E-state index contributed by atoms with van der Waals surface area (Å²) < 4.78 is 0. The van der Waals surface area contributed by atoms with Gasteiger partial charge in [-0.3, -0.25) is 14.5 Å². The average molecular weight is 493 g/mol. The molecule has 0 aliphatic carbocycles. The Kier molecular flexibility index (Phi) is 7.19. The minimum absolute atomic E-state index is 0.0940. The number of nitrogens with zero attached hydrogens (tertiary/aromatic N) is 3. The predicted molar refractivity (Wildman–Crippen MR) is 142 cm³/mol. The van der Waals surface area contributed by atoms with Crippen LogP contribution in [0, 0.1) is 0 Å². The second-order valence-electron chi connectivity index (χ2n) is 10.1. The molecule has 7 heteroatoms. The number of piperidine rings is 2. The maximum absolute atomic E-state index is 12.5. The number of carbonyl (C=O) groups excluding carboxylic acids is 2. The van der Waals surface area contributed by atoms with Crippen LogP contribution in [0.2, 0.25) is 0 Å². The normalized spacial score (nSPS) is 20.2. The van der Waals surface area contributed by atoms with Gasteiger partial charge in [0.1, 0.15) is 5.54 Å². The van der Waals surface area contributed by atoms with Gasteiger partial charge in [0.25, 0.3) is 0 Å². The molecule has 2 fully saturated rings. The van der Waals surface area contributed by atoms with Crippen molar-refractivity contribution in [2.75, 3.05) is 44.2 Å². The fraction of sp³-hybridized carbons (Fsp3) is 0.500. The second-order valence-corrected chi connectivity index (χ2v) is 11.2. The molecule has 2 N–H and O–H groups in total. The summed E-state index contributed by atoms with van der Waals surface area (Å²) in [7, 11) is 0. The van der Waals surface area contributed by atoms with Crippen LogP contribution in [-0.2, 0) is 4.79 Å². The van der Waals surface area contributed by atoms with E-state index in [0.29, 0.717) is 0 Å². The lowest BCUT2D eigenvalue weighted by Crippen LogP contribution is -2.63. The van der Waals surface area contributed by atoms with Crippen molar-refractivity contribution in [3.63, 3.8) is 0 Å². The summed E-state index contributed by atoms with van der Waals surface area (Å²) in [6.07, 6.45) is 6.26. The first-order chi connectivity index (χ1) is 17.0. The van der Waals surface area contributed by atoms with Gasteiger partial charge in [-0.2, -0.15) is 0 Å². The standard InChI is InChI=1S/C28H36N4O2S/c1-21(33)22-10-11-26-24(20-22)32(23-8-3-4-9-25(23)35-26)17-7-14-30-18-12-28(13-19-30,27(29)34)31-15-5-2-6-16-31/h3-4,8-11,20H,2,5-7,12-19H2,1H3,(H2,29,34). The molecule has 0 unspecified atom stereocenters. The maximum atomic E-state index is 12.5. The van der Waals surface area contributed by atoms with E-state index >= 15 is 0 Å². The fourth-order valence-electron chi connectivity index (χ4n) is 5.93. The topological polar surface area (TPSA) is 69.9 Å². The fourth-order valence-corrected chi connectivity index (χ4v) is 7.00. The van der Waals surface area contributed by atoms with E-state index in [1.807, 2.05) is 12.1 Å². The van der Waals surface area contributed by atoms with Crippen molar-refractivity contribution in [3.8, 4) is 0 Å². The van der Waals surface area contributed by atoms with Crippen LogP contribution in [0.15, 0.2) is 52.3 Å². The van der Waals surface area contributed by atoms with E-state index in [1.54, 1.807) is 18.7 Å². The van der Waals surface area contributed by atoms with Crippen LogP contribution >= 0.6 is 11.8 Å². The van der Waals surface area contributed by atoms with Crippen LogP contribution in [0.1, 0.15) is 55.8 Å². The number of anilines is 2. The van der Waals surface area contributed by atoms with Gasteiger partial charge in [0.2, 0.25) is 5.91 Å². The van der Waals surface area contributed by atoms with E-state index in [-0.39, 0.29) is 11.7 Å². The highest BCUT2D eigenvalue weighted by Gasteiger charge is 2.44. The number of fused-ring (bicyclic) bond motifs is 2. The molecule has 3 aliphatic heterocycles. The third kappa shape index (κ3) is 4.86. The first-order valence-corrected chi connectivity index (χ1v) is 13.8. The van der Waals surface area contributed by atoms with E-state index in [9.17, 15) is 9.59 Å². The number of primary amides is 1. The summed E-state index contributed by atoms with van der Waals surface area (Å²) >= 11 is 1.77. The van der Waals surface area contributed by atoms with Gasteiger partial charge in [-0.05, 0) is 82.9 Å². The Hall–Kier alpha value is -2.35. The first-order valence-electron chi connectivity index (χ1n) is 12.9. The van der Waals surface area contributed by atoms with Crippen molar-refractivity contribution in [1.29, 1.82) is 0 Å². The Bertz CT molecular complexity index is 1090. The van der Waals surface area contributed by atoms with Crippen LogP contribution < -0.4 is 10.6 Å². The van der Waals surface area contributed by atoms with Gasteiger partial charge in [-0.15, -0.1) is 0 Å². The minimum atomic E-state index is -0.456. The quantitative estimate of drug-likeness (QED) is 0.566. The molecule has 0 bridgehead atoms. The number of benzene rings is 2. The van der Waals surface area contributed by atoms with Gasteiger partial charge in [0.05, 0.1) is 11.4 Å². The Morgan fingerprint density at radius 2 is 1.63 bits per heavy atom. The van der Waals surface area contributed by atoms with Gasteiger partial charge in [-0.25, -0.2) is 0 Å². The number of nitrogens with two attached hydrogens (primary N) is 1. The molecule has 1 amide bonds. The van der Waals surface area contributed by atoms with Crippen LogP contribution in [0.4, 0.5) is 11.4 Å². The molecular weight excluding hydrogens is 456 g/mol. The summed E-state index contributed by atoms with van der Waals surface area (Å²) in [4.78, 5) is 34.3.